The van der Waals surface area contributed by atoms with E-state index in [9.17, 15) is 0 Å². The Morgan fingerprint density at radius 2 is 2.38 bits per heavy atom. The summed E-state index contributed by atoms with van der Waals surface area (Å²) in [6.45, 7) is 2.87. The van der Waals surface area contributed by atoms with E-state index in [2.05, 4.69) is 10.3 Å². The van der Waals surface area contributed by atoms with Gasteiger partial charge in [-0.25, -0.2) is 4.98 Å². The first-order valence-electron chi connectivity index (χ1n) is 5.33. The molecular weight excluding hydrogens is 224 g/mol. The van der Waals surface area contributed by atoms with E-state index in [0.29, 0.717) is 11.0 Å². The average molecular weight is 241 g/mol. The van der Waals surface area contributed by atoms with Gasteiger partial charge in [-0.05, 0) is 32.7 Å². The Labute approximate surface area is 101 Å². The van der Waals surface area contributed by atoms with Crippen LogP contribution in [0.5, 0.6) is 5.88 Å². The van der Waals surface area contributed by atoms with Crippen LogP contribution in [0.1, 0.15) is 13.3 Å². The van der Waals surface area contributed by atoms with Crippen LogP contribution in [0.4, 0.5) is 0 Å². The molecule has 1 heterocycles. The second kappa shape index (κ2) is 7.25. The average Bonchev–Trinajstić information content (AvgIpc) is 2.26. The number of hydrogen-bond acceptors (Lipinski definition) is 3. The molecule has 0 saturated carbocycles. The summed E-state index contributed by atoms with van der Waals surface area (Å²) in [6.07, 6.45) is 4.92. The zero-order valence-electron chi connectivity index (χ0n) is 9.61. The van der Waals surface area contributed by atoms with E-state index >= 15 is 0 Å². The van der Waals surface area contributed by atoms with Gasteiger partial charge in [0, 0.05) is 12.5 Å². The zero-order valence-corrected chi connectivity index (χ0v) is 10.4. The molecule has 0 radical (unpaired) electrons. The third kappa shape index (κ3) is 4.64. The summed E-state index contributed by atoms with van der Waals surface area (Å²) < 4.78 is 5.72. The van der Waals surface area contributed by atoms with Gasteiger partial charge in [0.2, 0.25) is 5.88 Å². The number of halogens is 1. The predicted octanol–water partition coefficient (Wildman–Crippen LogP) is 2.67. The lowest BCUT2D eigenvalue weighted by Gasteiger charge is -2.14. The lowest BCUT2D eigenvalue weighted by atomic mass is 10.2. The van der Waals surface area contributed by atoms with Crippen molar-refractivity contribution in [2.24, 2.45) is 0 Å². The first-order chi connectivity index (χ1) is 7.76. The fraction of sp³-hybridized carbons (Fsp3) is 0.417. The van der Waals surface area contributed by atoms with E-state index in [4.69, 9.17) is 16.3 Å². The highest BCUT2D eigenvalue weighted by atomic mass is 35.5. The van der Waals surface area contributed by atoms with Crippen LogP contribution in [0.25, 0.3) is 0 Å². The normalized spacial score (nSPS) is 12.9. The molecule has 0 aliphatic rings. The van der Waals surface area contributed by atoms with Crippen molar-refractivity contribution in [1.82, 2.24) is 10.3 Å². The maximum absolute atomic E-state index is 5.79. The van der Waals surface area contributed by atoms with E-state index in [1.807, 2.05) is 38.3 Å². The van der Waals surface area contributed by atoms with E-state index in [1.54, 1.807) is 6.07 Å². The smallest absolute Gasteiger partial charge is 0.215 e. The van der Waals surface area contributed by atoms with E-state index < -0.39 is 0 Å². The van der Waals surface area contributed by atoms with Gasteiger partial charge in [-0.15, -0.1) is 0 Å². The molecule has 0 aliphatic carbocycles. The molecule has 4 heteroatoms. The van der Waals surface area contributed by atoms with Crippen molar-refractivity contribution < 1.29 is 4.74 Å². The van der Waals surface area contributed by atoms with Gasteiger partial charge in [-0.2, -0.15) is 0 Å². The Morgan fingerprint density at radius 1 is 1.56 bits per heavy atom. The maximum Gasteiger partial charge on any atom is 0.215 e. The van der Waals surface area contributed by atoms with Gasteiger partial charge in [0.15, 0.2) is 0 Å². The van der Waals surface area contributed by atoms with Gasteiger partial charge in [-0.3, -0.25) is 0 Å². The van der Waals surface area contributed by atoms with Crippen LogP contribution >= 0.6 is 11.6 Å². The van der Waals surface area contributed by atoms with Crippen LogP contribution in [0.2, 0.25) is 5.15 Å². The molecule has 1 N–H and O–H groups in total. The van der Waals surface area contributed by atoms with Crippen LogP contribution in [0, 0.1) is 0 Å². The largest absolute Gasteiger partial charge is 0.470 e. The quantitative estimate of drug-likeness (QED) is 0.613. The number of nitrogens with one attached hydrogen (secondary N) is 1. The van der Waals surface area contributed by atoms with Gasteiger partial charge >= 0.3 is 0 Å². The molecule has 1 unspecified atom stereocenters. The van der Waals surface area contributed by atoms with Gasteiger partial charge < -0.3 is 10.1 Å². The standard InChI is InChI=1S/C12H17ClN2O/c1-3-5-10(8-9-14-2)16-12-7-4-6-11(13)15-12/h3-7,10,14H,8-9H2,1-2H3. The highest BCUT2D eigenvalue weighted by molar-refractivity contribution is 6.29. The number of hydrogen-bond donors (Lipinski definition) is 1. The molecule has 88 valence electrons. The lowest BCUT2D eigenvalue weighted by molar-refractivity contribution is 0.229. The van der Waals surface area contributed by atoms with Crippen molar-refractivity contribution in [3.8, 4) is 5.88 Å². The minimum Gasteiger partial charge on any atom is -0.470 e. The highest BCUT2D eigenvalue weighted by Gasteiger charge is 2.06. The van der Waals surface area contributed by atoms with Gasteiger partial charge in [0.1, 0.15) is 11.3 Å². The number of ether oxygens (including phenoxy) is 1. The van der Waals surface area contributed by atoms with Crippen molar-refractivity contribution >= 4 is 11.6 Å². The topological polar surface area (TPSA) is 34.1 Å². The second-order valence-electron chi connectivity index (χ2n) is 3.37. The molecule has 0 saturated heterocycles. The van der Waals surface area contributed by atoms with Crippen molar-refractivity contribution in [3.05, 3.63) is 35.5 Å². The molecule has 0 fully saturated rings. The van der Waals surface area contributed by atoms with Gasteiger partial charge in [0.05, 0.1) is 0 Å². The van der Waals surface area contributed by atoms with Gasteiger partial charge in [0.25, 0.3) is 0 Å². The van der Waals surface area contributed by atoms with Crippen LogP contribution in [0.15, 0.2) is 30.4 Å². The Kier molecular flexibility index (Phi) is 5.90. The summed E-state index contributed by atoms with van der Waals surface area (Å²) in [5.74, 6) is 0.562. The van der Waals surface area contributed by atoms with Crippen molar-refractivity contribution in [1.29, 1.82) is 0 Å². The Bertz CT molecular complexity index is 342. The van der Waals surface area contributed by atoms with Crippen LogP contribution < -0.4 is 10.1 Å². The first-order valence-corrected chi connectivity index (χ1v) is 5.70. The maximum atomic E-state index is 5.79. The summed E-state index contributed by atoms with van der Waals surface area (Å²) in [4.78, 5) is 4.09. The number of aromatic nitrogens is 1. The molecule has 0 spiro atoms. The fourth-order valence-electron chi connectivity index (χ4n) is 1.31. The zero-order chi connectivity index (χ0) is 11.8. The third-order valence-electron chi connectivity index (χ3n) is 2.05. The Morgan fingerprint density at radius 3 is 3.00 bits per heavy atom. The Hall–Kier alpha value is -1.06. The summed E-state index contributed by atoms with van der Waals surface area (Å²) in [7, 11) is 1.92. The monoisotopic (exact) mass is 240 g/mol. The second-order valence-corrected chi connectivity index (χ2v) is 3.76. The number of pyridine rings is 1. The molecule has 16 heavy (non-hydrogen) atoms. The molecule has 0 bridgehead atoms. The van der Waals surface area contributed by atoms with Gasteiger partial charge in [-0.1, -0.05) is 23.7 Å². The summed E-state index contributed by atoms with van der Waals surface area (Å²) in [5.41, 5.74) is 0. The van der Waals surface area contributed by atoms with Crippen LogP contribution in [0.3, 0.4) is 0 Å². The fourth-order valence-corrected chi connectivity index (χ4v) is 1.46. The van der Waals surface area contributed by atoms with E-state index in [-0.39, 0.29) is 6.10 Å². The van der Waals surface area contributed by atoms with Crippen LogP contribution in [-0.4, -0.2) is 24.7 Å². The van der Waals surface area contributed by atoms with Crippen molar-refractivity contribution in [3.63, 3.8) is 0 Å². The number of nitrogens with zero attached hydrogens (tertiary/aromatic N) is 1. The van der Waals surface area contributed by atoms with E-state index in [1.165, 1.54) is 0 Å². The molecule has 1 aromatic rings. The first kappa shape index (κ1) is 13.0. The minimum atomic E-state index is 0.0309. The summed E-state index contributed by atoms with van der Waals surface area (Å²) in [5, 5.41) is 3.54. The van der Waals surface area contributed by atoms with Crippen molar-refractivity contribution in [2.75, 3.05) is 13.6 Å². The van der Waals surface area contributed by atoms with Crippen LogP contribution in [-0.2, 0) is 0 Å². The number of allylic oxidation sites excluding steroid dienone is 1. The van der Waals surface area contributed by atoms with Crippen molar-refractivity contribution in [2.45, 2.75) is 19.4 Å². The lowest BCUT2D eigenvalue weighted by Crippen LogP contribution is -2.20. The molecule has 3 nitrogen and oxygen atoms in total. The molecule has 0 amide bonds. The minimum absolute atomic E-state index is 0.0309. The summed E-state index contributed by atoms with van der Waals surface area (Å²) >= 11 is 5.79. The molecule has 1 aromatic heterocycles. The van der Waals surface area contributed by atoms with E-state index in [0.717, 1.165) is 13.0 Å². The third-order valence-corrected chi connectivity index (χ3v) is 2.26. The molecule has 0 aliphatic heterocycles. The summed E-state index contributed by atoms with van der Waals surface area (Å²) in [6, 6.07) is 5.36. The molecule has 1 rings (SSSR count). The predicted molar refractivity (Wildman–Crippen MR) is 67.0 cm³/mol. The SMILES string of the molecule is CC=CC(CCNC)Oc1cccc(Cl)n1. The number of rotatable bonds is 6. The highest BCUT2D eigenvalue weighted by Crippen LogP contribution is 2.14. The molecular formula is C12H17ClN2O. The molecule has 0 aromatic carbocycles. The Balaban J connectivity index is 2.60. The molecule has 1 atom stereocenters.